The second-order valence-electron chi connectivity index (χ2n) is 5.20. The van der Waals surface area contributed by atoms with Gasteiger partial charge in [0.1, 0.15) is 11.6 Å². The molecule has 0 amide bonds. The van der Waals surface area contributed by atoms with E-state index in [1.165, 1.54) is 5.56 Å². The summed E-state index contributed by atoms with van der Waals surface area (Å²) in [5.74, 6) is 0.785. The Morgan fingerprint density at radius 2 is 2.05 bits per heavy atom. The van der Waals surface area contributed by atoms with Crippen LogP contribution in [0.2, 0.25) is 0 Å². The van der Waals surface area contributed by atoms with Gasteiger partial charge in [-0.25, -0.2) is 0 Å². The highest BCUT2D eigenvalue weighted by molar-refractivity contribution is 5.70. The summed E-state index contributed by atoms with van der Waals surface area (Å²) in [5.41, 5.74) is 1.26. The normalized spacial score (nSPS) is 17.7. The molecule has 2 heterocycles. The fourth-order valence-electron chi connectivity index (χ4n) is 2.67. The van der Waals surface area contributed by atoms with Crippen molar-refractivity contribution in [1.82, 2.24) is 14.8 Å². The van der Waals surface area contributed by atoms with Crippen LogP contribution in [-0.4, -0.2) is 25.8 Å². The zero-order valence-electron chi connectivity index (χ0n) is 11.2. The Labute approximate surface area is 117 Å². The topological polar surface area (TPSA) is 68.0 Å². The molecule has 1 aliphatic rings. The van der Waals surface area contributed by atoms with Crippen LogP contribution in [0, 0.1) is 5.92 Å². The van der Waals surface area contributed by atoms with Crippen molar-refractivity contribution in [3.63, 3.8) is 0 Å². The molecule has 3 rings (SSSR count). The molecular weight excluding hydrogens is 254 g/mol. The molecule has 5 nitrogen and oxygen atoms in total. The van der Waals surface area contributed by atoms with Crippen molar-refractivity contribution < 1.29 is 9.90 Å². The van der Waals surface area contributed by atoms with Crippen molar-refractivity contribution >= 4 is 5.97 Å². The number of fused-ring (bicyclic) bond motifs is 1. The average Bonchev–Trinajstić information content (AvgIpc) is 2.88. The van der Waals surface area contributed by atoms with Crippen molar-refractivity contribution in [3.05, 3.63) is 47.5 Å². The molecule has 20 heavy (non-hydrogen) atoms. The highest BCUT2D eigenvalue weighted by atomic mass is 16.4. The van der Waals surface area contributed by atoms with E-state index in [-0.39, 0.29) is 5.92 Å². The lowest BCUT2D eigenvalue weighted by Gasteiger charge is -2.21. The number of carbonyl (C=O) groups is 1. The minimum absolute atomic E-state index is 0.311. The largest absolute Gasteiger partial charge is 0.481 e. The highest BCUT2D eigenvalue weighted by Crippen LogP contribution is 2.21. The molecule has 104 valence electrons. The number of nitrogens with zero attached hydrogens (tertiary/aromatic N) is 3. The lowest BCUT2D eigenvalue weighted by atomic mass is 9.99. The summed E-state index contributed by atoms with van der Waals surface area (Å²) in [4.78, 5) is 11.1. The summed E-state index contributed by atoms with van der Waals surface area (Å²) < 4.78 is 1.99. The van der Waals surface area contributed by atoms with Gasteiger partial charge in [0.05, 0.1) is 5.92 Å². The first-order chi connectivity index (χ1) is 9.74. The Balaban J connectivity index is 1.73. The van der Waals surface area contributed by atoms with Crippen molar-refractivity contribution in [1.29, 1.82) is 0 Å². The first kappa shape index (κ1) is 12.8. The number of benzene rings is 1. The Morgan fingerprint density at radius 1 is 1.25 bits per heavy atom. The number of aliphatic carboxylic acids is 1. The lowest BCUT2D eigenvalue weighted by molar-refractivity contribution is -0.142. The minimum atomic E-state index is -0.724. The number of rotatable bonds is 4. The monoisotopic (exact) mass is 271 g/mol. The van der Waals surface area contributed by atoms with E-state index in [1.807, 2.05) is 22.8 Å². The van der Waals surface area contributed by atoms with E-state index < -0.39 is 5.97 Å². The van der Waals surface area contributed by atoms with Gasteiger partial charge in [0.15, 0.2) is 0 Å². The SMILES string of the molecule is O=C(O)C1CCc2nnc(CCc3ccccc3)n2C1. The summed E-state index contributed by atoms with van der Waals surface area (Å²) in [7, 11) is 0. The van der Waals surface area contributed by atoms with Crippen LogP contribution in [0.3, 0.4) is 0 Å². The van der Waals surface area contributed by atoms with E-state index in [9.17, 15) is 4.79 Å². The Hall–Kier alpha value is -2.17. The van der Waals surface area contributed by atoms with E-state index in [0.717, 1.165) is 24.5 Å². The molecule has 1 N–H and O–H groups in total. The maximum absolute atomic E-state index is 11.1. The molecule has 0 fully saturated rings. The van der Waals surface area contributed by atoms with Crippen molar-refractivity contribution in [2.45, 2.75) is 32.2 Å². The molecule has 2 aromatic rings. The predicted octanol–water partition coefficient (Wildman–Crippen LogP) is 1.71. The molecule has 1 atom stereocenters. The smallest absolute Gasteiger partial charge is 0.308 e. The van der Waals surface area contributed by atoms with Crippen LogP contribution in [0.25, 0.3) is 0 Å². The van der Waals surface area contributed by atoms with Gasteiger partial charge in [0.2, 0.25) is 0 Å². The van der Waals surface area contributed by atoms with Gasteiger partial charge in [-0.2, -0.15) is 0 Å². The molecule has 0 saturated carbocycles. The number of aromatic nitrogens is 3. The second kappa shape index (κ2) is 5.45. The third-order valence-electron chi connectivity index (χ3n) is 3.85. The zero-order valence-corrected chi connectivity index (χ0v) is 11.2. The number of carboxylic acid groups (broad SMARTS) is 1. The summed E-state index contributed by atoms with van der Waals surface area (Å²) in [6, 6.07) is 10.2. The number of hydrogen-bond acceptors (Lipinski definition) is 3. The van der Waals surface area contributed by atoms with Crippen molar-refractivity contribution in [2.75, 3.05) is 0 Å². The third kappa shape index (κ3) is 2.57. The van der Waals surface area contributed by atoms with Crippen LogP contribution in [0.15, 0.2) is 30.3 Å². The Kier molecular flexibility index (Phi) is 3.50. The van der Waals surface area contributed by atoms with Crippen LogP contribution in [-0.2, 0) is 30.6 Å². The van der Waals surface area contributed by atoms with Crippen LogP contribution in [0.1, 0.15) is 23.6 Å². The second-order valence-corrected chi connectivity index (χ2v) is 5.20. The molecule has 0 aliphatic carbocycles. The van der Waals surface area contributed by atoms with Gasteiger partial charge in [-0.05, 0) is 18.4 Å². The first-order valence-corrected chi connectivity index (χ1v) is 6.91. The molecule has 1 unspecified atom stereocenters. The van der Waals surface area contributed by atoms with Crippen LogP contribution in [0.4, 0.5) is 0 Å². The summed E-state index contributed by atoms with van der Waals surface area (Å²) in [6.07, 6.45) is 3.06. The van der Waals surface area contributed by atoms with Gasteiger partial charge in [0, 0.05) is 19.4 Å². The van der Waals surface area contributed by atoms with Crippen LogP contribution in [0.5, 0.6) is 0 Å². The van der Waals surface area contributed by atoms with E-state index >= 15 is 0 Å². The third-order valence-corrected chi connectivity index (χ3v) is 3.85. The molecular formula is C15H17N3O2. The van der Waals surface area contributed by atoms with Crippen LogP contribution >= 0.6 is 0 Å². The van der Waals surface area contributed by atoms with E-state index in [4.69, 9.17) is 5.11 Å². The standard InChI is InChI=1S/C15H17N3O2/c19-15(20)12-7-9-14-17-16-13(18(14)10-12)8-6-11-4-2-1-3-5-11/h1-5,12H,6-10H2,(H,19,20). The average molecular weight is 271 g/mol. The number of carboxylic acids is 1. The van der Waals surface area contributed by atoms with Gasteiger partial charge < -0.3 is 9.67 Å². The highest BCUT2D eigenvalue weighted by Gasteiger charge is 2.27. The maximum Gasteiger partial charge on any atom is 0.308 e. The van der Waals surface area contributed by atoms with Gasteiger partial charge in [-0.1, -0.05) is 30.3 Å². The molecule has 1 aliphatic heterocycles. The summed E-state index contributed by atoms with van der Waals surface area (Å²) in [5, 5.41) is 17.6. The van der Waals surface area contributed by atoms with Gasteiger partial charge in [-0.15, -0.1) is 10.2 Å². The first-order valence-electron chi connectivity index (χ1n) is 6.91. The van der Waals surface area contributed by atoms with E-state index in [0.29, 0.717) is 19.4 Å². The molecule has 0 radical (unpaired) electrons. The number of aryl methyl sites for hydroxylation is 3. The molecule has 1 aromatic carbocycles. The molecule has 1 aromatic heterocycles. The van der Waals surface area contributed by atoms with Gasteiger partial charge in [0.25, 0.3) is 0 Å². The molecule has 5 heteroatoms. The minimum Gasteiger partial charge on any atom is -0.481 e. The molecule has 0 saturated heterocycles. The quantitative estimate of drug-likeness (QED) is 0.919. The van der Waals surface area contributed by atoms with Crippen molar-refractivity contribution in [3.8, 4) is 0 Å². The Morgan fingerprint density at radius 3 is 2.80 bits per heavy atom. The predicted molar refractivity (Wildman–Crippen MR) is 73.3 cm³/mol. The maximum atomic E-state index is 11.1. The zero-order chi connectivity index (χ0) is 13.9. The molecule has 0 bridgehead atoms. The van der Waals surface area contributed by atoms with E-state index in [2.05, 4.69) is 22.3 Å². The number of hydrogen-bond donors (Lipinski definition) is 1. The van der Waals surface area contributed by atoms with E-state index in [1.54, 1.807) is 0 Å². The van der Waals surface area contributed by atoms with Gasteiger partial charge in [-0.3, -0.25) is 4.79 Å². The fraction of sp³-hybridized carbons (Fsp3) is 0.400. The summed E-state index contributed by atoms with van der Waals surface area (Å²) in [6.45, 7) is 0.502. The molecule has 0 spiro atoms. The van der Waals surface area contributed by atoms with Gasteiger partial charge >= 0.3 is 5.97 Å². The fourth-order valence-corrected chi connectivity index (χ4v) is 2.67. The lowest BCUT2D eigenvalue weighted by Crippen LogP contribution is -2.27. The summed E-state index contributed by atoms with van der Waals surface area (Å²) >= 11 is 0. The van der Waals surface area contributed by atoms with Crippen molar-refractivity contribution in [2.24, 2.45) is 5.92 Å². The van der Waals surface area contributed by atoms with Crippen LogP contribution < -0.4 is 0 Å². The Bertz CT molecular complexity index is 607.